The lowest BCUT2D eigenvalue weighted by Crippen LogP contribution is -2.11. The molecule has 0 aliphatic carbocycles. The van der Waals surface area contributed by atoms with Gasteiger partial charge in [0.05, 0.1) is 22.8 Å². The standard InChI is InChI=1S/C48H32N8O/c57-48(31-7-2-1-3-8-31)52-35-14-12-30(13-15-35)44-36-16-18-38(53-36)45(32-9-4-24-49-27-32)40-20-22-42(55-40)47(34-11-6-26-51-29-34)43-23-21-41(56-43)46(33-10-5-25-50-28-33)39-19-17-37(44)54-39/h1-29,53,56H,(H,52,57). The van der Waals surface area contributed by atoms with Gasteiger partial charge in [-0.25, -0.2) is 9.97 Å². The van der Waals surface area contributed by atoms with Gasteiger partial charge in [-0.05, 0) is 96.6 Å². The molecule has 8 heterocycles. The molecule has 270 valence electrons. The minimum Gasteiger partial charge on any atom is -0.354 e. The fraction of sp³-hybridized carbons (Fsp3) is 0. The molecule has 2 aromatic carbocycles. The van der Waals surface area contributed by atoms with E-state index in [2.05, 4.69) is 84.9 Å². The highest BCUT2D eigenvalue weighted by molar-refractivity contribution is 6.05. The maximum absolute atomic E-state index is 13.0. The molecule has 6 aromatic heterocycles. The number of carbonyl (C=O) groups is 1. The van der Waals surface area contributed by atoms with E-state index in [4.69, 9.17) is 9.97 Å². The summed E-state index contributed by atoms with van der Waals surface area (Å²) in [5, 5.41) is 3.03. The molecule has 1 amide bonds. The minimum atomic E-state index is -0.170. The first kappa shape index (κ1) is 33.5. The van der Waals surface area contributed by atoms with Crippen molar-refractivity contribution < 1.29 is 4.79 Å². The molecule has 0 fully saturated rings. The molecule has 3 N–H and O–H groups in total. The Hall–Kier alpha value is -8.04. The Labute approximate surface area is 327 Å². The molecule has 8 bridgehead atoms. The Bertz CT molecular complexity index is 2990. The summed E-state index contributed by atoms with van der Waals surface area (Å²) in [7, 11) is 0. The van der Waals surface area contributed by atoms with Crippen molar-refractivity contribution in [3.05, 3.63) is 181 Å². The molecule has 0 spiro atoms. The van der Waals surface area contributed by atoms with Crippen LogP contribution in [0.1, 0.15) is 33.1 Å². The van der Waals surface area contributed by atoms with Gasteiger partial charge in [-0.3, -0.25) is 19.7 Å². The number of hydrogen-bond donors (Lipinski definition) is 3. The number of aromatic nitrogens is 7. The second kappa shape index (κ2) is 14.3. The number of benzene rings is 2. The zero-order valence-corrected chi connectivity index (χ0v) is 30.4. The molecular formula is C48H32N8O. The third-order valence-corrected chi connectivity index (χ3v) is 10.1. The second-order valence-corrected chi connectivity index (χ2v) is 13.6. The summed E-state index contributed by atoms with van der Waals surface area (Å²) < 4.78 is 0. The number of hydrogen-bond acceptors (Lipinski definition) is 6. The van der Waals surface area contributed by atoms with Gasteiger partial charge in [-0.15, -0.1) is 0 Å². The van der Waals surface area contributed by atoms with Crippen LogP contribution in [0, 0.1) is 0 Å². The second-order valence-electron chi connectivity index (χ2n) is 13.6. The van der Waals surface area contributed by atoms with E-state index >= 15 is 0 Å². The van der Waals surface area contributed by atoms with E-state index in [1.54, 1.807) is 30.7 Å². The van der Waals surface area contributed by atoms with E-state index in [0.717, 1.165) is 89.4 Å². The van der Waals surface area contributed by atoms with Gasteiger partial charge in [0.1, 0.15) is 0 Å². The maximum atomic E-state index is 13.0. The van der Waals surface area contributed by atoms with Crippen LogP contribution in [0.2, 0.25) is 0 Å². The lowest BCUT2D eigenvalue weighted by molar-refractivity contribution is 0.102. The van der Waals surface area contributed by atoms with Gasteiger partial charge < -0.3 is 15.3 Å². The van der Waals surface area contributed by atoms with Gasteiger partial charge in [-0.1, -0.05) is 48.5 Å². The number of amides is 1. The van der Waals surface area contributed by atoms with E-state index in [1.807, 2.05) is 91.4 Å². The van der Waals surface area contributed by atoms with Crippen LogP contribution in [0.15, 0.2) is 152 Å². The largest absolute Gasteiger partial charge is 0.354 e. The molecule has 9 heteroatoms. The Balaban J connectivity index is 1.27. The molecule has 0 saturated heterocycles. The molecule has 0 saturated carbocycles. The first-order chi connectivity index (χ1) is 28.2. The number of pyridine rings is 3. The van der Waals surface area contributed by atoms with E-state index in [0.29, 0.717) is 11.3 Å². The van der Waals surface area contributed by atoms with Crippen molar-refractivity contribution in [3.8, 4) is 44.5 Å². The lowest BCUT2D eigenvalue weighted by Gasteiger charge is -2.08. The highest BCUT2D eigenvalue weighted by Gasteiger charge is 2.19. The SMILES string of the molecule is O=C(Nc1ccc(-c2c3nc(c(-c4cccnc4)c4ccc([nH]4)c(-c4cccnc4)c4nc(c(-c5cccnc5)c5ccc2[nH]5)C=C4)C=C3)cc1)c1ccccc1. The topological polar surface area (TPSA) is 125 Å². The van der Waals surface area contributed by atoms with Crippen molar-refractivity contribution >= 4 is 58.0 Å². The summed E-state index contributed by atoms with van der Waals surface area (Å²) in [6, 6.07) is 37.3. The smallest absolute Gasteiger partial charge is 0.255 e. The van der Waals surface area contributed by atoms with Gasteiger partial charge in [-0.2, -0.15) is 0 Å². The maximum Gasteiger partial charge on any atom is 0.255 e. The molecule has 0 unspecified atom stereocenters. The number of fused-ring (bicyclic) bond motifs is 8. The number of rotatable bonds is 6. The molecule has 9 nitrogen and oxygen atoms in total. The molecular weight excluding hydrogens is 705 g/mol. The van der Waals surface area contributed by atoms with Crippen LogP contribution in [0.5, 0.6) is 0 Å². The van der Waals surface area contributed by atoms with Crippen molar-refractivity contribution in [3.63, 3.8) is 0 Å². The third-order valence-electron chi connectivity index (χ3n) is 10.1. The molecule has 2 aliphatic rings. The van der Waals surface area contributed by atoms with Gasteiger partial charge >= 0.3 is 0 Å². The minimum absolute atomic E-state index is 0.170. The van der Waals surface area contributed by atoms with Crippen LogP contribution >= 0.6 is 0 Å². The molecule has 2 aliphatic heterocycles. The average Bonchev–Trinajstić information content (AvgIpc) is 4.11. The zero-order chi connectivity index (χ0) is 38.1. The third kappa shape index (κ3) is 6.39. The first-order valence-electron chi connectivity index (χ1n) is 18.5. The fourth-order valence-corrected chi connectivity index (χ4v) is 7.47. The van der Waals surface area contributed by atoms with Gasteiger partial charge in [0.15, 0.2) is 0 Å². The number of aromatic amines is 2. The van der Waals surface area contributed by atoms with Crippen molar-refractivity contribution in [1.82, 2.24) is 34.9 Å². The predicted octanol–water partition coefficient (Wildman–Crippen LogP) is 10.8. The summed E-state index contributed by atoms with van der Waals surface area (Å²) in [4.78, 5) is 44.6. The highest BCUT2D eigenvalue weighted by Crippen LogP contribution is 2.38. The zero-order valence-electron chi connectivity index (χ0n) is 30.4. The van der Waals surface area contributed by atoms with Gasteiger partial charge in [0.2, 0.25) is 0 Å². The normalized spacial score (nSPS) is 11.8. The molecule has 0 radical (unpaired) electrons. The lowest BCUT2D eigenvalue weighted by atomic mass is 10.0. The highest BCUT2D eigenvalue weighted by atomic mass is 16.1. The molecule has 8 aromatic rings. The van der Waals surface area contributed by atoms with Crippen molar-refractivity contribution in [2.24, 2.45) is 0 Å². The van der Waals surface area contributed by atoms with Crippen LogP contribution in [0.4, 0.5) is 5.69 Å². The molecule has 57 heavy (non-hydrogen) atoms. The Morgan fingerprint density at radius 2 is 0.825 bits per heavy atom. The van der Waals surface area contributed by atoms with Crippen molar-refractivity contribution in [2.45, 2.75) is 0 Å². The number of anilines is 1. The van der Waals surface area contributed by atoms with Crippen LogP contribution < -0.4 is 5.32 Å². The summed E-state index contributed by atoms with van der Waals surface area (Å²) in [6.45, 7) is 0. The van der Waals surface area contributed by atoms with Gasteiger partial charge in [0.25, 0.3) is 5.91 Å². The Morgan fingerprint density at radius 1 is 0.421 bits per heavy atom. The summed E-state index contributed by atoms with van der Waals surface area (Å²) in [6.07, 6.45) is 19.1. The summed E-state index contributed by atoms with van der Waals surface area (Å²) >= 11 is 0. The summed E-state index contributed by atoms with van der Waals surface area (Å²) in [5.41, 5.74) is 15.3. The van der Waals surface area contributed by atoms with Crippen molar-refractivity contribution in [1.29, 1.82) is 0 Å². The number of H-pyrrole nitrogens is 2. The Kier molecular flexibility index (Phi) is 8.42. The van der Waals surface area contributed by atoms with Gasteiger partial charge in [0, 0.05) is 109 Å². The Morgan fingerprint density at radius 3 is 1.21 bits per heavy atom. The van der Waals surface area contributed by atoms with E-state index in [9.17, 15) is 4.79 Å². The summed E-state index contributed by atoms with van der Waals surface area (Å²) in [5.74, 6) is -0.170. The van der Waals surface area contributed by atoms with Crippen LogP contribution in [0.25, 0.3) is 90.9 Å². The molecule has 0 atom stereocenters. The monoisotopic (exact) mass is 736 g/mol. The number of nitrogens with one attached hydrogen (secondary N) is 3. The predicted molar refractivity (Wildman–Crippen MR) is 228 cm³/mol. The van der Waals surface area contributed by atoms with Crippen LogP contribution in [-0.2, 0) is 0 Å². The van der Waals surface area contributed by atoms with Crippen molar-refractivity contribution in [2.75, 3.05) is 5.32 Å². The number of carbonyl (C=O) groups excluding carboxylic acids is 1. The van der Waals surface area contributed by atoms with E-state index < -0.39 is 0 Å². The number of nitrogens with zero attached hydrogens (tertiary/aromatic N) is 5. The van der Waals surface area contributed by atoms with Crippen LogP contribution in [0.3, 0.4) is 0 Å². The first-order valence-corrected chi connectivity index (χ1v) is 18.5. The van der Waals surface area contributed by atoms with E-state index in [1.165, 1.54) is 0 Å². The van der Waals surface area contributed by atoms with Crippen LogP contribution in [-0.4, -0.2) is 40.8 Å². The molecule has 10 rings (SSSR count). The quantitative estimate of drug-likeness (QED) is 0.156. The average molecular weight is 737 g/mol. The fourth-order valence-electron chi connectivity index (χ4n) is 7.47. The van der Waals surface area contributed by atoms with E-state index in [-0.39, 0.29) is 5.91 Å².